The van der Waals surface area contributed by atoms with Gasteiger partial charge in [-0.15, -0.1) is 0 Å². The predicted octanol–water partition coefficient (Wildman–Crippen LogP) is 2.13. The Labute approximate surface area is 136 Å². The first-order chi connectivity index (χ1) is 11.2. The Morgan fingerprint density at radius 1 is 1.48 bits per heavy atom. The van der Waals surface area contributed by atoms with Gasteiger partial charge in [-0.1, -0.05) is 13.0 Å². The van der Waals surface area contributed by atoms with Gasteiger partial charge < -0.3 is 16.2 Å². The van der Waals surface area contributed by atoms with Crippen LogP contribution in [0.4, 0.5) is 11.8 Å². The van der Waals surface area contributed by atoms with Crippen LogP contribution in [0.3, 0.4) is 0 Å². The number of hydrogen-bond donors (Lipinski definition) is 3. The minimum absolute atomic E-state index is 0.153. The van der Waals surface area contributed by atoms with E-state index in [9.17, 15) is 5.11 Å². The highest BCUT2D eigenvalue weighted by Gasteiger charge is 2.22. The van der Waals surface area contributed by atoms with Gasteiger partial charge in [-0.2, -0.15) is 4.98 Å². The molecule has 0 bridgehead atoms. The first-order valence-corrected chi connectivity index (χ1v) is 7.99. The fraction of sp³-hybridized carbons (Fsp3) is 0.412. The summed E-state index contributed by atoms with van der Waals surface area (Å²) >= 11 is 0. The van der Waals surface area contributed by atoms with Crippen molar-refractivity contribution in [3.63, 3.8) is 0 Å². The molecular formula is C17H22N5O. The first kappa shape index (κ1) is 15.6. The quantitative estimate of drug-likeness (QED) is 0.784. The summed E-state index contributed by atoms with van der Waals surface area (Å²) in [4.78, 5) is 10.9. The summed E-state index contributed by atoms with van der Waals surface area (Å²) in [6, 6.07) is 10.2. The molecule has 0 aliphatic carbocycles. The van der Waals surface area contributed by atoms with Crippen LogP contribution in [0.15, 0.2) is 24.3 Å². The van der Waals surface area contributed by atoms with Crippen LogP contribution in [-0.4, -0.2) is 45.7 Å². The van der Waals surface area contributed by atoms with Gasteiger partial charge in [-0.05, 0) is 44.1 Å². The number of phenolic OH excluding ortho intramolecular Hbond substituents is 1. The Balaban J connectivity index is 1.77. The first-order valence-electron chi connectivity index (χ1n) is 7.99. The van der Waals surface area contributed by atoms with Crippen LogP contribution >= 0.6 is 0 Å². The minimum atomic E-state index is 0.153. The van der Waals surface area contributed by atoms with Crippen molar-refractivity contribution >= 4 is 11.8 Å². The molecule has 1 saturated heterocycles. The molecule has 0 amide bonds. The van der Waals surface area contributed by atoms with Gasteiger partial charge in [0.1, 0.15) is 11.6 Å². The molecule has 1 radical (unpaired) electrons. The number of nitrogen functional groups attached to an aromatic ring is 1. The van der Waals surface area contributed by atoms with Gasteiger partial charge in [0.15, 0.2) is 0 Å². The minimum Gasteiger partial charge on any atom is -0.507 e. The van der Waals surface area contributed by atoms with Crippen LogP contribution in [0.25, 0.3) is 11.3 Å². The third kappa shape index (κ3) is 3.53. The van der Waals surface area contributed by atoms with Gasteiger partial charge in [0.25, 0.3) is 0 Å². The number of benzene rings is 1. The van der Waals surface area contributed by atoms with Crippen molar-refractivity contribution in [2.24, 2.45) is 0 Å². The number of rotatable bonds is 5. The monoisotopic (exact) mass is 312 g/mol. The average molecular weight is 312 g/mol. The van der Waals surface area contributed by atoms with Gasteiger partial charge >= 0.3 is 0 Å². The van der Waals surface area contributed by atoms with Crippen LogP contribution in [0.1, 0.15) is 19.8 Å². The van der Waals surface area contributed by atoms with Gasteiger partial charge in [-0.3, -0.25) is 4.90 Å². The van der Waals surface area contributed by atoms with Crippen molar-refractivity contribution < 1.29 is 5.11 Å². The number of nitrogens with one attached hydrogen (secondary N) is 1. The molecule has 1 aromatic carbocycles. The van der Waals surface area contributed by atoms with E-state index in [1.54, 1.807) is 18.2 Å². The van der Waals surface area contributed by atoms with Crippen molar-refractivity contribution in [2.75, 3.05) is 30.7 Å². The molecule has 2 aromatic rings. The molecule has 1 aliphatic rings. The number of anilines is 2. The number of likely N-dealkylation sites (N-methyl/N-ethyl adjacent to an activating group) is 1. The van der Waals surface area contributed by atoms with E-state index in [1.165, 1.54) is 12.8 Å². The van der Waals surface area contributed by atoms with Crippen LogP contribution in [0.2, 0.25) is 0 Å². The normalized spacial score (nSPS) is 18.2. The summed E-state index contributed by atoms with van der Waals surface area (Å²) < 4.78 is 0. The van der Waals surface area contributed by atoms with Crippen LogP contribution in [-0.2, 0) is 0 Å². The number of nitrogens with zero attached hydrogens (tertiary/aromatic N) is 3. The number of aromatic nitrogens is 2. The molecule has 6 nitrogen and oxygen atoms in total. The Morgan fingerprint density at radius 3 is 3.13 bits per heavy atom. The molecule has 3 rings (SSSR count). The van der Waals surface area contributed by atoms with Gasteiger partial charge in [-0.25, -0.2) is 4.98 Å². The van der Waals surface area contributed by atoms with E-state index in [1.807, 2.05) is 6.07 Å². The van der Waals surface area contributed by atoms with Crippen molar-refractivity contribution in [2.45, 2.75) is 25.8 Å². The number of likely N-dealkylation sites (tertiary alicyclic amines) is 1. The maximum absolute atomic E-state index is 9.97. The largest absolute Gasteiger partial charge is 0.507 e. The highest BCUT2D eigenvalue weighted by Crippen LogP contribution is 2.28. The SMILES string of the molecule is CCN1CCCC1CNc1cc(-c2c[c]ccc2O)nc(N)n1. The number of nitrogens with two attached hydrogens (primary N) is 1. The van der Waals surface area contributed by atoms with Crippen LogP contribution < -0.4 is 11.1 Å². The van der Waals surface area contributed by atoms with E-state index in [2.05, 4.69) is 33.2 Å². The topological polar surface area (TPSA) is 87.3 Å². The molecule has 4 N–H and O–H groups in total. The van der Waals surface area contributed by atoms with Crippen LogP contribution in [0, 0.1) is 6.07 Å². The number of aromatic hydroxyl groups is 1. The molecule has 23 heavy (non-hydrogen) atoms. The lowest BCUT2D eigenvalue weighted by Crippen LogP contribution is -2.34. The van der Waals surface area contributed by atoms with Gasteiger partial charge in [0, 0.05) is 24.2 Å². The summed E-state index contributed by atoms with van der Waals surface area (Å²) in [5.41, 5.74) is 7.01. The van der Waals surface area contributed by atoms with E-state index in [0.717, 1.165) is 19.6 Å². The van der Waals surface area contributed by atoms with E-state index in [4.69, 9.17) is 5.73 Å². The Hall–Kier alpha value is -2.34. The van der Waals surface area contributed by atoms with E-state index in [0.29, 0.717) is 23.1 Å². The fourth-order valence-corrected chi connectivity index (χ4v) is 3.09. The molecule has 1 aromatic heterocycles. The lowest BCUT2D eigenvalue weighted by Gasteiger charge is -2.23. The molecule has 121 valence electrons. The molecule has 0 saturated carbocycles. The van der Waals surface area contributed by atoms with Crippen molar-refractivity contribution in [1.29, 1.82) is 0 Å². The molecule has 1 aliphatic heterocycles. The van der Waals surface area contributed by atoms with Crippen molar-refractivity contribution in [3.8, 4) is 17.0 Å². The third-order valence-corrected chi connectivity index (χ3v) is 4.28. The Bertz CT molecular complexity index is 676. The second-order valence-corrected chi connectivity index (χ2v) is 5.75. The maximum Gasteiger partial charge on any atom is 0.222 e. The summed E-state index contributed by atoms with van der Waals surface area (Å²) in [7, 11) is 0. The lowest BCUT2D eigenvalue weighted by atomic mass is 10.1. The Kier molecular flexibility index (Phi) is 4.62. The molecule has 6 heteroatoms. The molecule has 2 heterocycles. The summed E-state index contributed by atoms with van der Waals surface area (Å²) in [6.45, 7) is 5.25. The van der Waals surface area contributed by atoms with Crippen LogP contribution in [0.5, 0.6) is 5.75 Å². The fourth-order valence-electron chi connectivity index (χ4n) is 3.09. The summed E-state index contributed by atoms with van der Waals surface area (Å²) in [6.07, 6.45) is 2.44. The van der Waals surface area contributed by atoms with E-state index in [-0.39, 0.29) is 11.7 Å². The van der Waals surface area contributed by atoms with Gasteiger partial charge in [0.05, 0.1) is 5.69 Å². The highest BCUT2D eigenvalue weighted by molar-refractivity contribution is 5.69. The highest BCUT2D eigenvalue weighted by atomic mass is 16.3. The zero-order chi connectivity index (χ0) is 16.2. The molecule has 1 atom stereocenters. The summed E-state index contributed by atoms with van der Waals surface area (Å²) in [5.74, 6) is 1.02. The molecule has 0 spiro atoms. The number of phenols is 1. The second kappa shape index (κ2) is 6.83. The predicted molar refractivity (Wildman–Crippen MR) is 91.1 cm³/mol. The van der Waals surface area contributed by atoms with E-state index >= 15 is 0 Å². The zero-order valence-corrected chi connectivity index (χ0v) is 13.3. The molecule has 1 unspecified atom stereocenters. The van der Waals surface area contributed by atoms with Gasteiger partial charge in [0.2, 0.25) is 5.95 Å². The average Bonchev–Trinajstić information content (AvgIpc) is 3.00. The third-order valence-electron chi connectivity index (χ3n) is 4.28. The number of hydrogen-bond acceptors (Lipinski definition) is 6. The molecule has 1 fully saturated rings. The molecular weight excluding hydrogens is 290 g/mol. The lowest BCUT2D eigenvalue weighted by molar-refractivity contribution is 0.277. The Morgan fingerprint density at radius 2 is 2.35 bits per heavy atom. The second-order valence-electron chi connectivity index (χ2n) is 5.75. The maximum atomic E-state index is 9.97. The van der Waals surface area contributed by atoms with E-state index < -0.39 is 0 Å². The zero-order valence-electron chi connectivity index (χ0n) is 13.3. The smallest absolute Gasteiger partial charge is 0.222 e. The standard InChI is InChI=1S/C17H22N5O/c1-2-22-9-5-6-12(22)11-19-16-10-14(20-17(18)21-16)13-7-3-4-8-15(13)23/h4,7-8,10,12,23H,2,5-6,9,11H2,1H3,(H3,18,19,20,21). The van der Waals surface area contributed by atoms with Crippen molar-refractivity contribution in [3.05, 3.63) is 30.3 Å². The van der Waals surface area contributed by atoms with Crippen molar-refractivity contribution in [1.82, 2.24) is 14.9 Å². The summed E-state index contributed by atoms with van der Waals surface area (Å²) in [5, 5.41) is 13.3.